The number of carbonyl (C=O) groups is 1. The molecule has 8 heteroatoms. The smallest absolute Gasteiger partial charge is 0.255 e. The number of amides is 1. The van der Waals surface area contributed by atoms with Crippen molar-refractivity contribution in [3.05, 3.63) is 52.6 Å². The van der Waals surface area contributed by atoms with Crippen molar-refractivity contribution in [2.75, 3.05) is 26.8 Å². The van der Waals surface area contributed by atoms with Crippen LogP contribution in [0.3, 0.4) is 0 Å². The lowest BCUT2D eigenvalue weighted by molar-refractivity contribution is -0.0124. The molecule has 5 rings (SSSR count). The number of nitriles is 1. The van der Waals surface area contributed by atoms with Crippen LogP contribution in [0.4, 0.5) is 0 Å². The first-order chi connectivity index (χ1) is 16.4. The number of morpholine rings is 1. The van der Waals surface area contributed by atoms with Crippen LogP contribution in [0.15, 0.2) is 24.4 Å². The van der Waals surface area contributed by atoms with Gasteiger partial charge in [0.25, 0.3) is 5.91 Å². The van der Waals surface area contributed by atoms with E-state index in [-0.39, 0.29) is 17.6 Å². The third kappa shape index (κ3) is 4.36. The van der Waals surface area contributed by atoms with Gasteiger partial charge in [-0.05, 0) is 32.8 Å². The van der Waals surface area contributed by atoms with E-state index in [0.717, 1.165) is 29.8 Å². The fourth-order valence-corrected chi connectivity index (χ4v) is 4.44. The minimum atomic E-state index is -0.176. The quantitative estimate of drug-likeness (QED) is 0.652. The van der Waals surface area contributed by atoms with Crippen LogP contribution in [0.25, 0.3) is 5.57 Å². The average molecular weight is 461 g/mol. The molecule has 0 aromatic carbocycles. The van der Waals surface area contributed by atoms with Gasteiger partial charge < -0.3 is 19.1 Å². The van der Waals surface area contributed by atoms with Crippen molar-refractivity contribution in [3.8, 4) is 17.6 Å². The molecule has 1 atom stereocenters. The number of ether oxygens (including phenoxy) is 3. The van der Waals surface area contributed by atoms with Crippen LogP contribution in [0.2, 0.25) is 0 Å². The molecule has 8 nitrogen and oxygen atoms in total. The molecule has 1 amide bonds. The predicted octanol–water partition coefficient (Wildman–Crippen LogP) is 3.33. The van der Waals surface area contributed by atoms with Crippen molar-refractivity contribution in [1.29, 1.82) is 5.26 Å². The van der Waals surface area contributed by atoms with Gasteiger partial charge in [0.15, 0.2) is 0 Å². The standard InChI is InChI=1S/C26H28N4O4/c1-16-15-30(8-9-33-16)25(31)18-10-22(32-3)21(28-14-18)11-19-12-23(34-26(2)6-7-26)24-17(13-27)4-5-20(24)29-19/h4,10,12,14,16H,5-9,11,15H2,1-3H3/t16-/m1/s1. The maximum atomic E-state index is 13.0. The van der Waals surface area contributed by atoms with E-state index in [0.29, 0.717) is 60.9 Å². The molecule has 3 aliphatic rings. The first-order valence-electron chi connectivity index (χ1n) is 11.7. The second-order valence-electron chi connectivity index (χ2n) is 9.40. The normalized spacial score (nSPS) is 20.2. The Morgan fingerprint density at radius 2 is 2.18 bits per heavy atom. The van der Waals surface area contributed by atoms with E-state index in [1.54, 1.807) is 24.3 Å². The van der Waals surface area contributed by atoms with Crippen molar-refractivity contribution < 1.29 is 19.0 Å². The average Bonchev–Trinajstić information content (AvgIpc) is 3.40. The summed E-state index contributed by atoms with van der Waals surface area (Å²) in [5, 5.41) is 9.54. The molecule has 2 fully saturated rings. The lowest BCUT2D eigenvalue weighted by atomic mass is 10.1. The Morgan fingerprint density at radius 1 is 1.35 bits per heavy atom. The molecule has 0 bridgehead atoms. The van der Waals surface area contributed by atoms with Gasteiger partial charge in [-0.15, -0.1) is 0 Å². The topological polar surface area (TPSA) is 97.6 Å². The highest BCUT2D eigenvalue weighted by atomic mass is 16.5. The summed E-state index contributed by atoms with van der Waals surface area (Å²) < 4.78 is 17.4. The highest BCUT2D eigenvalue weighted by molar-refractivity contribution is 5.94. The summed E-state index contributed by atoms with van der Waals surface area (Å²) in [6.07, 6.45) is 6.54. The number of allylic oxidation sites excluding steroid dienone is 2. The molecule has 2 aromatic rings. The van der Waals surface area contributed by atoms with Gasteiger partial charge >= 0.3 is 0 Å². The number of hydrogen-bond acceptors (Lipinski definition) is 7. The maximum absolute atomic E-state index is 13.0. The first kappa shape index (κ1) is 22.4. The van der Waals surface area contributed by atoms with E-state index in [1.807, 2.05) is 19.1 Å². The molecule has 0 radical (unpaired) electrons. The molecule has 0 spiro atoms. The summed E-state index contributed by atoms with van der Waals surface area (Å²) in [6, 6.07) is 5.92. The number of hydrogen-bond donors (Lipinski definition) is 0. The van der Waals surface area contributed by atoms with Crippen molar-refractivity contribution in [2.45, 2.75) is 51.2 Å². The summed E-state index contributed by atoms with van der Waals surface area (Å²) in [4.78, 5) is 24.1. The highest BCUT2D eigenvalue weighted by Crippen LogP contribution is 2.44. The van der Waals surface area contributed by atoms with E-state index >= 15 is 0 Å². The van der Waals surface area contributed by atoms with Crippen LogP contribution < -0.4 is 9.47 Å². The van der Waals surface area contributed by atoms with Gasteiger partial charge in [-0.3, -0.25) is 14.8 Å². The molecule has 34 heavy (non-hydrogen) atoms. The minimum absolute atomic E-state index is 0.0167. The number of methoxy groups -OCH3 is 1. The van der Waals surface area contributed by atoms with Gasteiger partial charge in [-0.25, -0.2) is 0 Å². The molecule has 2 aromatic heterocycles. The summed E-state index contributed by atoms with van der Waals surface area (Å²) in [6.45, 7) is 5.70. The predicted molar refractivity (Wildman–Crippen MR) is 125 cm³/mol. The van der Waals surface area contributed by atoms with Crippen LogP contribution in [-0.2, 0) is 17.6 Å². The lowest BCUT2D eigenvalue weighted by Crippen LogP contribution is -2.44. The highest BCUT2D eigenvalue weighted by Gasteiger charge is 2.41. The minimum Gasteiger partial charge on any atom is -0.495 e. The Hall–Kier alpha value is -3.44. The number of aromatic nitrogens is 2. The van der Waals surface area contributed by atoms with E-state index in [9.17, 15) is 10.1 Å². The van der Waals surface area contributed by atoms with E-state index in [4.69, 9.17) is 19.2 Å². The van der Waals surface area contributed by atoms with Gasteiger partial charge in [0.2, 0.25) is 0 Å². The molecule has 2 aliphatic carbocycles. The fourth-order valence-electron chi connectivity index (χ4n) is 4.44. The van der Waals surface area contributed by atoms with Gasteiger partial charge in [-0.2, -0.15) is 5.26 Å². The lowest BCUT2D eigenvalue weighted by Gasteiger charge is -2.31. The third-order valence-electron chi connectivity index (χ3n) is 6.59. The molecule has 3 heterocycles. The van der Waals surface area contributed by atoms with Crippen LogP contribution in [0.5, 0.6) is 11.5 Å². The Kier molecular flexibility index (Phi) is 5.74. The molecule has 0 N–H and O–H groups in total. The second-order valence-corrected chi connectivity index (χ2v) is 9.40. The number of pyridine rings is 2. The number of rotatable bonds is 6. The first-order valence-corrected chi connectivity index (χ1v) is 11.7. The molecular formula is C26H28N4O4. The van der Waals surface area contributed by atoms with E-state index < -0.39 is 0 Å². The van der Waals surface area contributed by atoms with E-state index in [1.165, 1.54) is 0 Å². The summed E-state index contributed by atoms with van der Waals surface area (Å²) >= 11 is 0. The fraction of sp³-hybridized carbons (Fsp3) is 0.462. The Morgan fingerprint density at radius 3 is 2.88 bits per heavy atom. The van der Waals surface area contributed by atoms with Gasteiger partial charge in [-0.1, -0.05) is 6.08 Å². The van der Waals surface area contributed by atoms with Crippen molar-refractivity contribution in [3.63, 3.8) is 0 Å². The van der Waals surface area contributed by atoms with Crippen molar-refractivity contribution >= 4 is 11.5 Å². The molecule has 1 saturated heterocycles. The molecule has 176 valence electrons. The monoisotopic (exact) mass is 460 g/mol. The second kappa shape index (κ2) is 8.73. The van der Waals surface area contributed by atoms with Crippen molar-refractivity contribution in [1.82, 2.24) is 14.9 Å². The summed E-state index contributed by atoms with van der Waals surface area (Å²) in [5.74, 6) is 1.17. The number of nitrogens with zero attached hydrogens (tertiary/aromatic N) is 4. The Balaban J connectivity index is 1.41. The molecule has 1 aliphatic heterocycles. The molecular weight excluding hydrogens is 432 g/mol. The molecule has 1 saturated carbocycles. The zero-order valence-corrected chi connectivity index (χ0v) is 19.8. The zero-order valence-electron chi connectivity index (χ0n) is 19.8. The van der Waals surface area contributed by atoms with Gasteiger partial charge in [0.05, 0.1) is 59.7 Å². The van der Waals surface area contributed by atoms with Crippen molar-refractivity contribution in [2.24, 2.45) is 0 Å². The van der Waals surface area contributed by atoms with Gasteiger partial charge in [0, 0.05) is 38.2 Å². The largest absolute Gasteiger partial charge is 0.495 e. The maximum Gasteiger partial charge on any atom is 0.255 e. The van der Waals surface area contributed by atoms with E-state index in [2.05, 4.69) is 18.0 Å². The summed E-state index contributed by atoms with van der Waals surface area (Å²) in [7, 11) is 1.58. The number of fused-ring (bicyclic) bond motifs is 1. The third-order valence-corrected chi connectivity index (χ3v) is 6.59. The Bertz CT molecular complexity index is 1210. The summed E-state index contributed by atoms with van der Waals surface area (Å²) in [5.41, 5.74) is 4.06. The SMILES string of the molecule is COc1cc(C(=O)N2CCO[C@H](C)C2)cnc1Cc1cc(OC2(C)CC2)c2c(n1)CC=C2C#N. The molecule has 0 unspecified atom stereocenters. The van der Waals surface area contributed by atoms with Crippen LogP contribution >= 0.6 is 0 Å². The Labute approximate surface area is 199 Å². The van der Waals surface area contributed by atoms with Crippen LogP contribution in [0.1, 0.15) is 59.7 Å². The number of carbonyl (C=O) groups excluding carboxylic acids is 1. The zero-order chi connectivity index (χ0) is 23.9. The van der Waals surface area contributed by atoms with Crippen LogP contribution in [0, 0.1) is 11.3 Å². The van der Waals surface area contributed by atoms with Crippen LogP contribution in [-0.4, -0.2) is 59.3 Å². The van der Waals surface area contributed by atoms with Gasteiger partial charge in [0.1, 0.15) is 17.1 Å².